The van der Waals surface area contributed by atoms with Crippen LogP contribution in [0.5, 0.6) is 0 Å². The van der Waals surface area contributed by atoms with Gasteiger partial charge in [0.1, 0.15) is 0 Å². The van der Waals surface area contributed by atoms with Crippen molar-refractivity contribution in [3.63, 3.8) is 0 Å². The number of hydrogen-bond donors (Lipinski definition) is 1. The zero-order chi connectivity index (χ0) is 15.6. The summed E-state index contributed by atoms with van der Waals surface area (Å²) in [5.41, 5.74) is 11.7. The predicted octanol–water partition coefficient (Wildman–Crippen LogP) is 5.59. The zero-order valence-corrected chi connectivity index (χ0v) is 15.4. The van der Waals surface area contributed by atoms with Crippen molar-refractivity contribution in [1.82, 2.24) is 0 Å². The molecule has 2 rings (SSSR count). The van der Waals surface area contributed by atoms with Crippen LogP contribution in [0.15, 0.2) is 42.5 Å². The molecule has 112 valence electrons. The third-order valence-corrected chi connectivity index (χ3v) is 4.61. The maximum atomic E-state index is 6.55. The molecule has 2 N–H and O–H groups in total. The second kappa shape index (κ2) is 6.93. The lowest BCUT2D eigenvalue weighted by atomic mass is 9.87. The van der Waals surface area contributed by atoms with E-state index in [4.69, 9.17) is 5.73 Å². The lowest BCUT2D eigenvalue weighted by Gasteiger charge is -2.21. The minimum atomic E-state index is -0.0571. The van der Waals surface area contributed by atoms with Crippen molar-refractivity contribution in [3.05, 3.63) is 68.3 Å². The number of halogens is 1. The third-order valence-electron chi connectivity index (χ3n) is 3.94. The smallest absolute Gasteiger partial charge is 0.0554 e. The molecule has 1 unspecified atom stereocenters. The topological polar surface area (TPSA) is 26.0 Å². The standard InChI is InChI=1S/C19H24IN/c1-12(2)14-8-9-17(18(11-14)13(3)4)19(21)15-6-5-7-16(20)10-15/h5-13,19H,21H2,1-4H3. The van der Waals surface area contributed by atoms with Gasteiger partial charge < -0.3 is 5.73 Å². The fraction of sp³-hybridized carbons (Fsp3) is 0.368. The summed E-state index contributed by atoms with van der Waals surface area (Å²) in [7, 11) is 0. The summed E-state index contributed by atoms with van der Waals surface area (Å²) in [6.07, 6.45) is 0. The van der Waals surface area contributed by atoms with E-state index < -0.39 is 0 Å². The molecule has 0 spiro atoms. The van der Waals surface area contributed by atoms with Crippen LogP contribution in [-0.4, -0.2) is 0 Å². The number of benzene rings is 2. The normalized spacial score (nSPS) is 13.0. The van der Waals surface area contributed by atoms with E-state index in [2.05, 4.69) is 92.8 Å². The van der Waals surface area contributed by atoms with E-state index in [1.165, 1.54) is 25.8 Å². The second-order valence-electron chi connectivity index (χ2n) is 6.23. The molecule has 0 saturated heterocycles. The monoisotopic (exact) mass is 393 g/mol. The first-order chi connectivity index (χ1) is 9.90. The van der Waals surface area contributed by atoms with Crippen LogP contribution in [0.3, 0.4) is 0 Å². The van der Waals surface area contributed by atoms with E-state index in [0.29, 0.717) is 11.8 Å². The van der Waals surface area contributed by atoms with Gasteiger partial charge in [-0.2, -0.15) is 0 Å². The van der Waals surface area contributed by atoms with Gasteiger partial charge in [0.05, 0.1) is 6.04 Å². The Bertz CT molecular complexity index is 617. The van der Waals surface area contributed by atoms with E-state index in [1.54, 1.807) is 0 Å². The lowest BCUT2D eigenvalue weighted by Crippen LogP contribution is -2.15. The van der Waals surface area contributed by atoms with E-state index in [1.807, 2.05) is 0 Å². The fourth-order valence-electron chi connectivity index (χ4n) is 2.62. The highest BCUT2D eigenvalue weighted by Crippen LogP contribution is 2.31. The minimum absolute atomic E-state index is 0.0571. The summed E-state index contributed by atoms with van der Waals surface area (Å²) in [6, 6.07) is 15.2. The highest BCUT2D eigenvalue weighted by Gasteiger charge is 2.16. The van der Waals surface area contributed by atoms with Crippen molar-refractivity contribution < 1.29 is 0 Å². The molecule has 0 saturated carbocycles. The van der Waals surface area contributed by atoms with Gasteiger partial charge in [0, 0.05) is 3.57 Å². The van der Waals surface area contributed by atoms with Crippen LogP contribution in [0, 0.1) is 3.57 Å². The largest absolute Gasteiger partial charge is 0.320 e. The van der Waals surface area contributed by atoms with Gasteiger partial charge >= 0.3 is 0 Å². The molecule has 0 bridgehead atoms. The molecule has 2 heteroatoms. The highest BCUT2D eigenvalue weighted by atomic mass is 127. The molecular weight excluding hydrogens is 369 g/mol. The Kier molecular flexibility index (Phi) is 5.44. The van der Waals surface area contributed by atoms with Crippen LogP contribution in [-0.2, 0) is 0 Å². The van der Waals surface area contributed by atoms with Crippen molar-refractivity contribution in [1.29, 1.82) is 0 Å². The van der Waals surface area contributed by atoms with E-state index in [-0.39, 0.29) is 6.04 Å². The summed E-state index contributed by atoms with van der Waals surface area (Å²) in [4.78, 5) is 0. The molecule has 0 aliphatic heterocycles. The summed E-state index contributed by atoms with van der Waals surface area (Å²) in [5.74, 6) is 1.03. The van der Waals surface area contributed by atoms with Crippen LogP contribution in [0.1, 0.15) is 67.8 Å². The van der Waals surface area contributed by atoms with Crippen molar-refractivity contribution in [2.75, 3.05) is 0 Å². The van der Waals surface area contributed by atoms with Gasteiger partial charge in [0.2, 0.25) is 0 Å². The van der Waals surface area contributed by atoms with Gasteiger partial charge in [-0.3, -0.25) is 0 Å². The van der Waals surface area contributed by atoms with Crippen molar-refractivity contribution >= 4 is 22.6 Å². The quantitative estimate of drug-likeness (QED) is 0.674. The van der Waals surface area contributed by atoms with Gasteiger partial charge in [0.25, 0.3) is 0 Å². The molecule has 21 heavy (non-hydrogen) atoms. The van der Waals surface area contributed by atoms with Gasteiger partial charge in [0.15, 0.2) is 0 Å². The molecule has 0 aromatic heterocycles. The Morgan fingerprint density at radius 1 is 0.810 bits per heavy atom. The van der Waals surface area contributed by atoms with Gasteiger partial charge in [-0.25, -0.2) is 0 Å². The molecule has 0 radical (unpaired) electrons. The van der Waals surface area contributed by atoms with Crippen LogP contribution in [0.2, 0.25) is 0 Å². The molecule has 0 aliphatic rings. The van der Waals surface area contributed by atoms with E-state index in [0.717, 1.165) is 0 Å². The maximum absolute atomic E-state index is 6.55. The highest BCUT2D eigenvalue weighted by molar-refractivity contribution is 14.1. The van der Waals surface area contributed by atoms with Gasteiger partial charge in [-0.05, 0) is 68.8 Å². The average molecular weight is 393 g/mol. The van der Waals surface area contributed by atoms with Gasteiger partial charge in [-0.15, -0.1) is 0 Å². The molecule has 2 aromatic carbocycles. The van der Waals surface area contributed by atoms with Crippen LogP contribution in [0.4, 0.5) is 0 Å². The predicted molar refractivity (Wildman–Crippen MR) is 99.8 cm³/mol. The van der Waals surface area contributed by atoms with Crippen LogP contribution in [0.25, 0.3) is 0 Å². The first-order valence-electron chi connectivity index (χ1n) is 7.55. The first kappa shape index (κ1) is 16.5. The number of rotatable bonds is 4. The molecule has 0 fully saturated rings. The molecule has 0 heterocycles. The Morgan fingerprint density at radius 3 is 2.10 bits per heavy atom. The molecular formula is C19H24IN. The summed E-state index contributed by atoms with van der Waals surface area (Å²) in [5, 5.41) is 0. The molecule has 1 nitrogen and oxygen atoms in total. The molecule has 0 aliphatic carbocycles. The van der Waals surface area contributed by atoms with Crippen molar-refractivity contribution in [2.24, 2.45) is 5.73 Å². The van der Waals surface area contributed by atoms with Crippen molar-refractivity contribution in [3.8, 4) is 0 Å². The van der Waals surface area contributed by atoms with Gasteiger partial charge in [-0.1, -0.05) is 58.0 Å². The Balaban J connectivity index is 2.47. The van der Waals surface area contributed by atoms with Crippen LogP contribution < -0.4 is 5.73 Å². The Hall–Kier alpha value is -0.870. The third kappa shape index (κ3) is 3.86. The Labute approximate surface area is 142 Å². The minimum Gasteiger partial charge on any atom is -0.320 e. The second-order valence-corrected chi connectivity index (χ2v) is 7.48. The van der Waals surface area contributed by atoms with Crippen molar-refractivity contribution in [2.45, 2.75) is 45.6 Å². The number of hydrogen-bond acceptors (Lipinski definition) is 1. The zero-order valence-electron chi connectivity index (χ0n) is 13.2. The van der Waals surface area contributed by atoms with E-state index >= 15 is 0 Å². The average Bonchev–Trinajstić information content (AvgIpc) is 2.45. The fourth-order valence-corrected chi connectivity index (χ4v) is 3.18. The molecule has 0 amide bonds. The summed E-state index contributed by atoms with van der Waals surface area (Å²) < 4.78 is 1.23. The maximum Gasteiger partial charge on any atom is 0.0554 e. The summed E-state index contributed by atoms with van der Waals surface area (Å²) >= 11 is 2.34. The molecule has 2 aromatic rings. The van der Waals surface area contributed by atoms with Crippen LogP contribution >= 0.6 is 22.6 Å². The number of nitrogens with two attached hydrogens (primary N) is 1. The SMILES string of the molecule is CC(C)c1ccc(C(N)c2cccc(I)c2)c(C(C)C)c1. The Morgan fingerprint density at radius 2 is 1.52 bits per heavy atom. The van der Waals surface area contributed by atoms with E-state index in [9.17, 15) is 0 Å². The lowest BCUT2D eigenvalue weighted by molar-refractivity contribution is 0.781. The molecule has 1 atom stereocenters. The summed E-state index contributed by atoms with van der Waals surface area (Å²) in [6.45, 7) is 8.95. The first-order valence-corrected chi connectivity index (χ1v) is 8.62.